The molecular formula is C32H37N3O4. The molecule has 1 aliphatic carbocycles. The third kappa shape index (κ3) is 4.52. The predicted octanol–water partition coefficient (Wildman–Crippen LogP) is 5.67. The maximum Gasteiger partial charge on any atom is 0.335 e. The zero-order valence-corrected chi connectivity index (χ0v) is 23.0. The van der Waals surface area contributed by atoms with Crippen molar-refractivity contribution in [2.24, 2.45) is 0 Å². The molecule has 2 aliphatic heterocycles. The number of rotatable bonds is 4. The first-order valence-corrected chi connectivity index (χ1v) is 14.2. The number of amides is 1. The fourth-order valence-electron chi connectivity index (χ4n) is 7.06. The molecule has 2 aromatic carbocycles. The van der Waals surface area contributed by atoms with Crippen LogP contribution >= 0.6 is 0 Å². The van der Waals surface area contributed by atoms with Crippen LogP contribution in [0, 0.1) is 0 Å². The number of carboxylic acids is 1. The molecule has 1 aromatic heterocycles. The van der Waals surface area contributed by atoms with Gasteiger partial charge in [0.1, 0.15) is 5.75 Å². The van der Waals surface area contributed by atoms with Gasteiger partial charge in [0.15, 0.2) is 0 Å². The van der Waals surface area contributed by atoms with Gasteiger partial charge in [-0.15, -0.1) is 0 Å². The first-order chi connectivity index (χ1) is 18.9. The Hall–Kier alpha value is -3.58. The maximum absolute atomic E-state index is 14.1. The molecule has 1 amide bonds. The number of carbonyl (C=O) groups excluding carboxylic acids is 1. The number of hydrogen-bond donors (Lipinski definition) is 2. The third-order valence-corrected chi connectivity index (χ3v) is 8.67. The number of nitrogens with zero attached hydrogens (tertiary/aromatic N) is 2. The minimum absolute atomic E-state index is 0.0235. The number of aromatic nitrogens is 1. The lowest BCUT2D eigenvalue weighted by Gasteiger charge is -2.36. The number of methoxy groups -OCH3 is 1. The number of nitrogens with one attached hydrogen (secondary N) is 1. The maximum atomic E-state index is 14.1. The minimum atomic E-state index is -0.946. The Morgan fingerprint density at radius 2 is 1.77 bits per heavy atom. The molecular weight excluding hydrogens is 490 g/mol. The summed E-state index contributed by atoms with van der Waals surface area (Å²) in [5.41, 5.74) is 6.15. The topological polar surface area (TPSA) is 83.8 Å². The second-order valence-electron chi connectivity index (χ2n) is 11.5. The predicted molar refractivity (Wildman–Crippen MR) is 153 cm³/mol. The van der Waals surface area contributed by atoms with Gasteiger partial charge in [-0.1, -0.05) is 37.5 Å². The molecule has 0 radical (unpaired) electrons. The normalized spacial score (nSPS) is 21.6. The monoisotopic (exact) mass is 527 g/mol. The Morgan fingerprint density at radius 1 is 1.03 bits per heavy atom. The molecule has 2 atom stereocenters. The van der Waals surface area contributed by atoms with E-state index in [1.807, 2.05) is 29.2 Å². The second kappa shape index (κ2) is 10.2. The van der Waals surface area contributed by atoms with Crippen LogP contribution in [-0.2, 0) is 11.3 Å². The molecule has 1 saturated heterocycles. The molecule has 7 heteroatoms. The van der Waals surface area contributed by atoms with Gasteiger partial charge < -0.3 is 24.6 Å². The Bertz CT molecular complexity index is 1470. The Labute approximate surface area is 229 Å². The number of carboxylic acid groups (broad SMARTS) is 1. The molecule has 0 bridgehead atoms. The van der Waals surface area contributed by atoms with E-state index in [1.165, 1.54) is 24.8 Å². The molecule has 1 saturated carbocycles. The Balaban J connectivity index is 1.60. The molecule has 3 heterocycles. The van der Waals surface area contributed by atoms with Crippen LogP contribution in [0.4, 0.5) is 0 Å². The lowest BCUT2D eigenvalue weighted by atomic mass is 9.81. The van der Waals surface area contributed by atoms with Gasteiger partial charge >= 0.3 is 5.97 Å². The molecule has 0 unspecified atom stereocenters. The molecule has 204 valence electrons. The third-order valence-electron chi connectivity index (χ3n) is 8.67. The lowest BCUT2D eigenvalue weighted by Crippen LogP contribution is -2.56. The van der Waals surface area contributed by atoms with E-state index in [1.54, 1.807) is 19.2 Å². The van der Waals surface area contributed by atoms with Crippen LogP contribution in [-0.4, -0.2) is 58.7 Å². The van der Waals surface area contributed by atoms with Gasteiger partial charge in [0.25, 0.3) is 5.91 Å². The summed E-state index contributed by atoms with van der Waals surface area (Å²) in [5.74, 6) is 0.201. The molecule has 3 aromatic rings. The van der Waals surface area contributed by atoms with E-state index in [-0.39, 0.29) is 23.6 Å². The quantitative estimate of drug-likeness (QED) is 0.457. The van der Waals surface area contributed by atoms with Crippen LogP contribution in [0.3, 0.4) is 0 Å². The number of piperazine rings is 1. The van der Waals surface area contributed by atoms with Crippen LogP contribution in [0.15, 0.2) is 42.0 Å². The smallest absolute Gasteiger partial charge is 0.335 e. The molecule has 6 rings (SSSR count). The van der Waals surface area contributed by atoms with Crippen LogP contribution in [0.5, 0.6) is 5.75 Å². The molecule has 0 spiro atoms. The zero-order chi connectivity index (χ0) is 27.3. The summed E-state index contributed by atoms with van der Waals surface area (Å²) in [6.45, 7) is 5.89. The minimum Gasteiger partial charge on any atom is -0.496 e. The van der Waals surface area contributed by atoms with E-state index < -0.39 is 5.97 Å². The number of fused-ring (bicyclic) bond motifs is 5. The van der Waals surface area contributed by atoms with Gasteiger partial charge in [0.05, 0.1) is 24.9 Å². The first-order valence-electron chi connectivity index (χ1n) is 14.2. The number of aromatic carboxylic acids is 1. The van der Waals surface area contributed by atoms with E-state index in [0.717, 1.165) is 46.3 Å². The lowest BCUT2D eigenvalue weighted by molar-refractivity contribution is -0.129. The summed E-state index contributed by atoms with van der Waals surface area (Å²) in [6, 6.07) is 12.0. The number of ether oxygens (including phenoxy) is 1. The van der Waals surface area contributed by atoms with Crippen LogP contribution in [0.1, 0.15) is 73.4 Å². The van der Waals surface area contributed by atoms with Crippen molar-refractivity contribution in [1.29, 1.82) is 0 Å². The van der Waals surface area contributed by atoms with Gasteiger partial charge in [-0.3, -0.25) is 4.79 Å². The van der Waals surface area contributed by atoms with E-state index in [2.05, 4.69) is 29.8 Å². The van der Waals surface area contributed by atoms with Crippen LogP contribution < -0.4 is 10.1 Å². The van der Waals surface area contributed by atoms with Crippen molar-refractivity contribution in [1.82, 2.24) is 14.8 Å². The highest BCUT2D eigenvalue weighted by molar-refractivity contribution is 6.04. The average molecular weight is 528 g/mol. The van der Waals surface area contributed by atoms with Crippen molar-refractivity contribution in [3.05, 3.63) is 58.7 Å². The van der Waals surface area contributed by atoms with Gasteiger partial charge in [0, 0.05) is 52.8 Å². The summed E-state index contributed by atoms with van der Waals surface area (Å²) in [4.78, 5) is 28.1. The van der Waals surface area contributed by atoms with Crippen molar-refractivity contribution >= 4 is 28.9 Å². The van der Waals surface area contributed by atoms with Crippen LogP contribution in [0.2, 0.25) is 0 Å². The van der Waals surface area contributed by atoms with Crippen molar-refractivity contribution in [2.45, 2.75) is 70.5 Å². The summed E-state index contributed by atoms with van der Waals surface area (Å²) in [6.07, 6.45) is 7.87. The molecule has 2 fully saturated rings. The summed E-state index contributed by atoms with van der Waals surface area (Å²) in [5, 5.41) is 14.4. The highest BCUT2D eigenvalue weighted by atomic mass is 16.5. The largest absolute Gasteiger partial charge is 0.496 e. The van der Waals surface area contributed by atoms with E-state index in [0.29, 0.717) is 31.1 Å². The van der Waals surface area contributed by atoms with Gasteiger partial charge in [0.2, 0.25) is 0 Å². The summed E-state index contributed by atoms with van der Waals surface area (Å²) >= 11 is 0. The zero-order valence-electron chi connectivity index (χ0n) is 23.0. The van der Waals surface area contributed by atoms with Crippen molar-refractivity contribution < 1.29 is 19.4 Å². The molecule has 2 N–H and O–H groups in total. The number of carbonyl (C=O) groups is 2. The molecule has 7 nitrogen and oxygen atoms in total. The molecule has 39 heavy (non-hydrogen) atoms. The fraction of sp³-hybridized carbons (Fsp3) is 0.438. The Kier molecular flexibility index (Phi) is 6.71. The number of hydrogen-bond acceptors (Lipinski definition) is 4. The van der Waals surface area contributed by atoms with Gasteiger partial charge in [-0.05, 0) is 62.4 Å². The number of benzene rings is 2. The SMILES string of the molecule is COc1cccc2c1C=C(C(=O)N1C[C@@H](C)N[C@@H](C)C1)Cn1c-2c(C2CCCCC2)c2ccc(C(=O)O)cc21. The molecule has 3 aliphatic rings. The van der Waals surface area contributed by atoms with Crippen molar-refractivity contribution in [3.63, 3.8) is 0 Å². The van der Waals surface area contributed by atoms with Gasteiger partial charge in [-0.2, -0.15) is 0 Å². The van der Waals surface area contributed by atoms with Crippen LogP contribution in [0.25, 0.3) is 28.2 Å². The summed E-state index contributed by atoms with van der Waals surface area (Å²) in [7, 11) is 1.67. The highest BCUT2D eigenvalue weighted by Gasteiger charge is 2.33. The highest BCUT2D eigenvalue weighted by Crippen LogP contribution is 2.48. The van der Waals surface area contributed by atoms with E-state index >= 15 is 0 Å². The Morgan fingerprint density at radius 3 is 2.46 bits per heavy atom. The first kappa shape index (κ1) is 25.7. The standard InChI is InChI=1S/C32H37N3O4/c1-19-16-34(17-20(2)33-19)31(36)23-14-26-24(10-7-11-28(26)39-3)30-29(21-8-5-4-6-9-21)25-13-12-22(32(37)38)15-27(25)35(30)18-23/h7,10-15,19-21,33H,4-6,8-9,16-18H2,1-3H3,(H,37,38)/t19-,20+. The average Bonchev–Trinajstić information content (AvgIpc) is 3.14. The fourth-order valence-corrected chi connectivity index (χ4v) is 7.06. The summed E-state index contributed by atoms with van der Waals surface area (Å²) < 4.78 is 8.04. The van der Waals surface area contributed by atoms with Gasteiger partial charge in [-0.25, -0.2) is 4.79 Å². The van der Waals surface area contributed by atoms with E-state index in [9.17, 15) is 14.7 Å². The van der Waals surface area contributed by atoms with E-state index in [4.69, 9.17) is 4.74 Å². The second-order valence-corrected chi connectivity index (χ2v) is 11.5. The van der Waals surface area contributed by atoms with Crippen molar-refractivity contribution in [3.8, 4) is 17.0 Å². The van der Waals surface area contributed by atoms with Crippen molar-refractivity contribution in [2.75, 3.05) is 20.2 Å².